The average molecular weight is 976 g/mol. The van der Waals surface area contributed by atoms with Gasteiger partial charge < -0.3 is 44.1 Å². The maximum absolute atomic E-state index is 13.2. The Morgan fingerprint density at radius 2 is 1.54 bits per heavy atom. The molecule has 0 unspecified atom stereocenters. The highest BCUT2D eigenvalue weighted by molar-refractivity contribution is 8.00. The van der Waals surface area contributed by atoms with E-state index in [0.29, 0.717) is 87.6 Å². The third-order valence-corrected chi connectivity index (χ3v) is 14.6. The van der Waals surface area contributed by atoms with Crippen LogP contribution in [0.3, 0.4) is 0 Å². The van der Waals surface area contributed by atoms with Gasteiger partial charge in [-0.3, -0.25) is 4.79 Å². The molecule has 20 nitrogen and oxygen atoms in total. The van der Waals surface area contributed by atoms with E-state index in [-0.39, 0.29) is 24.9 Å². The van der Waals surface area contributed by atoms with Gasteiger partial charge in [-0.15, -0.1) is 0 Å². The van der Waals surface area contributed by atoms with Crippen LogP contribution in [0.5, 0.6) is 5.75 Å². The number of carbonyl (C=O) groups is 1. The number of benzene rings is 3. The summed E-state index contributed by atoms with van der Waals surface area (Å²) in [7, 11) is 0. The predicted octanol–water partition coefficient (Wildman–Crippen LogP) is 5.70. The summed E-state index contributed by atoms with van der Waals surface area (Å²) in [5.41, 5.74) is 12.8. The highest BCUT2D eigenvalue weighted by Gasteiger charge is 2.45. The second-order valence-electron chi connectivity index (χ2n) is 17.8. The second-order valence-corrected chi connectivity index (χ2v) is 19.1. The number of aromatic nitrogens is 6. The number of anilines is 2. The van der Waals surface area contributed by atoms with Crippen molar-refractivity contribution in [3.05, 3.63) is 130 Å². The van der Waals surface area contributed by atoms with Crippen LogP contribution in [0.4, 0.5) is 17.1 Å². The lowest BCUT2D eigenvalue weighted by atomic mass is 10.0. The third-order valence-electron chi connectivity index (χ3n) is 13.1. The van der Waals surface area contributed by atoms with Gasteiger partial charge in [-0.1, -0.05) is 42.4 Å². The zero-order chi connectivity index (χ0) is 48.1. The zero-order valence-corrected chi connectivity index (χ0v) is 40.1. The van der Waals surface area contributed by atoms with E-state index in [4.69, 9.17) is 29.2 Å². The molecule has 4 aliphatic rings. The van der Waals surface area contributed by atoms with Crippen LogP contribution in [-0.2, 0) is 42.6 Å². The van der Waals surface area contributed by atoms with Gasteiger partial charge in [0.25, 0.3) is 0 Å². The molecule has 21 heteroatoms. The van der Waals surface area contributed by atoms with Gasteiger partial charge >= 0.3 is 5.69 Å². The van der Waals surface area contributed by atoms with Crippen molar-refractivity contribution in [2.24, 2.45) is 5.11 Å². The summed E-state index contributed by atoms with van der Waals surface area (Å²) in [4.78, 5) is 34.6. The number of fused-ring (bicyclic) bond motifs is 1. The first-order chi connectivity index (χ1) is 34.3. The molecule has 0 spiro atoms. The Morgan fingerprint density at radius 3 is 2.27 bits per heavy atom. The van der Waals surface area contributed by atoms with Crippen LogP contribution in [0.1, 0.15) is 44.1 Å². The van der Waals surface area contributed by atoms with Crippen LogP contribution < -0.4 is 30.9 Å². The molecule has 5 atom stereocenters. The first-order valence-corrected chi connectivity index (χ1v) is 25.2. The first kappa shape index (κ1) is 48.7. The van der Waals surface area contributed by atoms with E-state index < -0.39 is 5.79 Å². The maximum Gasteiger partial charge on any atom is 0.350 e. The molecular weight excluding hydrogens is 915 g/mol. The maximum atomic E-state index is 13.2. The number of thioether (sulfide) groups is 1. The van der Waals surface area contributed by atoms with Gasteiger partial charge in [-0.2, -0.15) is 31.9 Å². The van der Waals surface area contributed by atoms with Crippen molar-refractivity contribution in [1.82, 2.24) is 40.0 Å². The average Bonchev–Trinajstić information content (AvgIpc) is 4.25. The molecule has 370 valence electrons. The number of ketones is 1. The number of ether oxygens (including phenoxy) is 5. The molecule has 0 amide bonds. The molecule has 2 N–H and O–H groups in total. The van der Waals surface area contributed by atoms with Crippen molar-refractivity contribution in [2.45, 2.75) is 80.8 Å². The Morgan fingerprint density at radius 1 is 0.857 bits per heavy atom. The third kappa shape index (κ3) is 12.3. The van der Waals surface area contributed by atoms with Crippen molar-refractivity contribution in [3.63, 3.8) is 0 Å². The summed E-state index contributed by atoms with van der Waals surface area (Å²) < 4.78 is 33.3. The number of Topliss-reactive ketones (excluding diaryl/α,β-unsaturated/α-hetero) is 1. The van der Waals surface area contributed by atoms with Crippen LogP contribution in [0.15, 0.2) is 114 Å². The Kier molecular flexibility index (Phi) is 16.3. The van der Waals surface area contributed by atoms with E-state index >= 15 is 0 Å². The molecule has 0 radical (unpaired) electrons. The van der Waals surface area contributed by atoms with E-state index in [2.05, 4.69) is 64.5 Å². The number of hydrogen-bond donors (Lipinski definition) is 2. The SMILES string of the molecule is C=C1N[C@H]2[C@H](CS[C@H]2CCCCC(=O)CCCOCCOCCn2ncn(-c3ccc(N4CCN(c5ccc(OC[C@@H]6CO[C@@](Cn7nccn7)(c7ccc(N=[N+]=[N-])cc7)O6)cc5)CC4)cc3)c2=O)N1. The standard InChI is InChI=1S/C49H61N13O7S/c1-36-54-45-33-70-46(47(45)55-36)7-3-2-5-42(63)6-4-27-65-29-30-66-28-26-61-48(64)60(35-53-61)41-14-12-39(13-15-41)58-22-24-59(25-23-58)40-16-18-43(19-17-40)67-31-44-32-68-49(69-44,34-62-51-20-21-52-62)37-8-10-38(11-9-37)56-57-50/h8-21,35,44-47,54-55H,1-7,22-34H2/t44-,45+,46+,47+,49-/m1/s1. The number of piperazine rings is 1. The Bertz CT molecular complexity index is 2580. The highest BCUT2D eigenvalue weighted by Crippen LogP contribution is 2.37. The van der Waals surface area contributed by atoms with Gasteiger partial charge in [0, 0.05) is 84.2 Å². The Labute approximate surface area is 410 Å². The summed E-state index contributed by atoms with van der Waals surface area (Å²) in [6.07, 6.45) is 9.43. The van der Waals surface area contributed by atoms with Crippen molar-refractivity contribution >= 4 is 34.6 Å². The topological polar surface area (TPSA) is 213 Å². The molecule has 0 saturated carbocycles. The number of nitrogens with one attached hydrogen (secondary N) is 2. The van der Waals surface area contributed by atoms with E-state index in [9.17, 15) is 9.59 Å². The van der Waals surface area contributed by atoms with Crippen LogP contribution in [-0.4, -0.2) is 130 Å². The van der Waals surface area contributed by atoms with Crippen LogP contribution >= 0.6 is 11.8 Å². The van der Waals surface area contributed by atoms with Crippen LogP contribution in [0.2, 0.25) is 0 Å². The number of carbonyl (C=O) groups excluding carboxylic acids is 1. The van der Waals surface area contributed by atoms with Gasteiger partial charge in [0.05, 0.1) is 69.0 Å². The summed E-state index contributed by atoms with van der Waals surface area (Å²) in [5.74, 6) is 1.95. The highest BCUT2D eigenvalue weighted by atomic mass is 32.2. The fourth-order valence-corrected chi connectivity index (χ4v) is 10.9. The molecule has 2 aromatic heterocycles. The Balaban J connectivity index is 0.638. The lowest BCUT2D eigenvalue weighted by Crippen LogP contribution is -2.46. The smallest absolute Gasteiger partial charge is 0.350 e. The van der Waals surface area contributed by atoms with Gasteiger partial charge in [0.2, 0.25) is 5.79 Å². The summed E-state index contributed by atoms with van der Waals surface area (Å²) >= 11 is 2.02. The molecule has 0 bridgehead atoms. The van der Waals surface area contributed by atoms with E-state index in [1.54, 1.807) is 35.4 Å². The number of nitrogens with zero attached hydrogens (tertiary/aromatic N) is 11. The quantitative estimate of drug-likeness (QED) is 0.0311. The molecule has 6 heterocycles. The minimum atomic E-state index is -1.14. The van der Waals surface area contributed by atoms with Crippen molar-refractivity contribution in [2.75, 3.05) is 81.4 Å². The van der Waals surface area contributed by atoms with Gasteiger partial charge in [-0.25, -0.2) is 14.0 Å². The van der Waals surface area contributed by atoms with Gasteiger partial charge in [0.15, 0.2) is 0 Å². The number of unbranched alkanes of at least 4 members (excludes halogenated alkanes) is 1. The molecule has 4 fully saturated rings. The summed E-state index contributed by atoms with van der Waals surface area (Å²) in [6, 6.07) is 24.1. The molecule has 4 aliphatic heterocycles. The van der Waals surface area contributed by atoms with Crippen LogP contribution in [0.25, 0.3) is 16.1 Å². The van der Waals surface area contributed by atoms with E-state index in [1.807, 2.05) is 60.3 Å². The molecule has 0 aliphatic carbocycles. The zero-order valence-electron chi connectivity index (χ0n) is 39.3. The number of hydrogen-bond acceptors (Lipinski definition) is 16. The number of azide groups is 1. The molecule has 70 heavy (non-hydrogen) atoms. The second kappa shape index (κ2) is 23.5. The van der Waals surface area contributed by atoms with Gasteiger partial charge in [0.1, 0.15) is 37.1 Å². The monoisotopic (exact) mass is 975 g/mol. The number of rotatable bonds is 25. The van der Waals surface area contributed by atoms with Crippen molar-refractivity contribution in [3.8, 4) is 11.4 Å². The molecule has 3 aromatic carbocycles. The lowest BCUT2D eigenvalue weighted by Gasteiger charge is -2.37. The fraction of sp³-hybridized carbons (Fsp3) is 0.490. The molecule has 4 saturated heterocycles. The molecule has 5 aromatic rings. The van der Waals surface area contributed by atoms with E-state index in [1.165, 1.54) is 9.48 Å². The summed E-state index contributed by atoms with van der Waals surface area (Å²) in [6.45, 7) is 10.2. The van der Waals surface area contributed by atoms with Crippen molar-refractivity contribution < 1.29 is 28.5 Å². The molecule has 9 rings (SSSR count). The van der Waals surface area contributed by atoms with Gasteiger partial charge in [-0.05, 0) is 73.3 Å². The minimum Gasteiger partial charge on any atom is -0.491 e. The first-order valence-electron chi connectivity index (χ1n) is 24.1. The normalized spacial score (nSPS) is 21.9. The Hall–Kier alpha value is -6.35. The lowest BCUT2D eigenvalue weighted by molar-refractivity contribution is -0.192. The minimum absolute atomic E-state index is 0.225. The summed E-state index contributed by atoms with van der Waals surface area (Å²) in [5, 5.41) is 23.9. The largest absolute Gasteiger partial charge is 0.491 e. The fourth-order valence-electron chi connectivity index (χ4n) is 9.36. The van der Waals surface area contributed by atoms with Crippen molar-refractivity contribution in [1.29, 1.82) is 0 Å². The molecular formula is C49H61N13O7S. The van der Waals surface area contributed by atoms with E-state index in [0.717, 1.165) is 85.4 Å². The predicted molar refractivity (Wildman–Crippen MR) is 266 cm³/mol. The van der Waals surface area contributed by atoms with Crippen LogP contribution in [0, 0.1) is 0 Å².